The van der Waals surface area contributed by atoms with Crippen molar-refractivity contribution in [3.63, 3.8) is 0 Å². The quantitative estimate of drug-likeness (QED) is 0.234. The van der Waals surface area contributed by atoms with Crippen molar-refractivity contribution in [2.75, 3.05) is 19.0 Å². The highest BCUT2D eigenvalue weighted by Gasteiger charge is 2.15. The highest BCUT2D eigenvalue weighted by molar-refractivity contribution is 14.1. The van der Waals surface area contributed by atoms with Crippen LogP contribution in [0.1, 0.15) is 5.56 Å². The zero-order chi connectivity index (χ0) is 20.7. The minimum absolute atomic E-state index is 0.0564. The number of nitriles is 1. The first-order chi connectivity index (χ1) is 13.3. The van der Waals surface area contributed by atoms with Gasteiger partial charge < -0.3 is 25.0 Å². The van der Waals surface area contributed by atoms with Crippen LogP contribution in [0.4, 0.5) is 5.69 Å². The fraction of sp³-hybridized carbons (Fsp3) is 0.105. The second-order valence-electron chi connectivity index (χ2n) is 5.39. The van der Waals surface area contributed by atoms with Crippen molar-refractivity contribution in [2.45, 2.75) is 0 Å². The largest absolute Gasteiger partial charge is 0.508 e. The van der Waals surface area contributed by atoms with Crippen LogP contribution in [0.25, 0.3) is 6.08 Å². The van der Waals surface area contributed by atoms with Crippen LogP contribution in [0.3, 0.4) is 0 Å². The van der Waals surface area contributed by atoms with E-state index in [1.54, 1.807) is 6.07 Å². The number of aromatic hydroxyl groups is 1. The second kappa shape index (κ2) is 9.61. The predicted molar refractivity (Wildman–Crippen MR) is 109 cm³/mol. The van der Waals surface area contributed by atoms with Crippen LogP contribution in [0.2, 0.25) is 0 Å². The van der Waals surface area contributed by atoms with Crippen molar-refractivity contribution in [3.8, 4) is 23.3 Å². The van der Waals surface area contributed by atoms with Gasteiger partial charge in [-0.15, -0.1) is 0 Å². The van der Waals surface area contributed by atoms with E-state index in [0.29, 0.717) is 14.8 Å². The highest BCUT2D eigenvalue weighted by Crippen LogP contribution is 2.34. The average Bonchev–Trinajstić information content (AvgIpc) is 2.66. The number of hydrogen-bond donors (Lipinski definition) is 3. The first-order valence-corrected chi connectivity index (χ1v) is 8.86. The zero-order valence-corrected chi connectivity index (χ0v) is 16.8. The van der Waals surface area contributed by atoms with Gasteiger partial charge in [-0.2, -0.15) is 5.26 Å². The number of ether oxygens (including phenoxy) is 2. The monoisotopic (exact) mass is 494 g/mol. The number of phenols is 1. The first-order valence-electron chi connectivity index (χ1n) is 7.78. The van der Waals surface area contributed by atoms with E-state index >= 15 is 0 Å². The third-order valence-electron chi connectivity index (χ3n) is 3.39. The summed E-state index contributed by atoms with van der Waals surface area (Å²) in [6, 6.07) is 10.8. The van der Waals surface area contributed by atoms with Gasteiger partial charge in [-0.25, -0.2) is 4.79 Å². The number of anilines is 1. The average molecular weight is 494 g/mol. The van der Waals surface area contributed by atoms with Crippen LogP contribution in [0.5, 0.6) is 17.2 Å². The van der Waals surface area contributed by atoms with Crippen molar-refractivity contribution in [1.29, 1.82) is 5.26 Å². The number of benzene rings is 2. The van der Waals surface area contributed by atoms with E-state index in [9.17, 15) is 20.0 Å². The number of halogens is 1. The van der Waals surface area contributed by atoms with Gasteiger partial charge in [0.2, 0.25) is 0 Å². The summed E-state index contributed by atoms with van der Waals surface area (Å²) in [6.07, 6.45) is 1.38. The topological polar surface area (TPSA) is 129 Å². The van der Waals surface area contributed by atoms with Crippen LogP contribution < -0.4 is 14.8 Å². The minimum Gasteiger partial charge on any atom is -0.508 e. The molecule has 8 nitrogen and oxygen atoms in total. The molecular weight excluding hydrogens is 479 g/mol. The Balaban J connectivity index is 2.28. The Hall–Kier alpha value is -3.26. The summed E-state index contributed by atoms with van der Waals surface area (Å²) in [5.74, 6) is -1.15. The molecule has 0 aliphatic heterocycles. The van der Waals surface area contributed by atoms with Gasteiger partial charge in [-0.3, -0.25) is 4.79 Å². The second-order valence-corrected chi connectivity index (χ2v) is 6.55. The molecule has 0 unspecified atom stereocenters. The number of carbonyl (C=O) groups is 2. The van der Waals surface area contributed by atoms with Gasteiger partial charge >= 0.3 is 5.97 Å². The van der Waals surface area contributed by atoms with Crippen molar-refractivity contribution in [3.05, 3.63) is 51.1 Å². The maximum absolute atomic E-state index is 12.3. The van der Waals surface area contributed by atoms with Crippen LogP contribution in [-0.4, -0.2) is 35.8 Å². The Kier molecular flexibility index (Phi) is 7.22. The van der Waals surface area contributed by atoms with Crippen LogP contribution in [0.15, 0.2) is 42.0 Å². The Bertz CT molecular complexity index is 964. The van der Waals surface area contributed by atoms with Gasteiger partial charge in [0.15, 0.2) is 18.1 Å². The lowest BCUT2D eigenvalue weighted by atomic mass is 10.1. The Morgan fingerprint density at radius 1 is 1.29 bits per heavy atom. The third kappa shape index (κ3) is 5.62. The standard InChI is InChI=1S/C19H15IN2O6/c1-27-16-8-11(7-15(20)18(16)28-10-17(24)25)6-12(9-21)19(26)22-13-2-4-14(23)5-3-13/h2-8,23H,10H2,1H3,(H,22,26)(H,24,25)/b12-6+. The SMILES string of the molecule is COc1cc(/C=C(\C#N)C(=O)Nc2ccc(O)cc2)cc(I)c1OCC(=O)O. The lowest BCUT2D eigenvalue weighted by Crippen LogP contribution is -2.13. The van der Waals surface area contributed by atoms with E-state index in [0.717, 1.165) is 0 Å². The summed E-state index contributed by atoms with van der Waals surface area (Å²) >= 11 is 1.95. The number of nitrogens with one attached hydrogen (secondary N) is 1. The molecule has 2 rings (SSSR count). The molecule has 0 heterocycles. The van der Waals surface area contributed by atoms with Gasteiger partial charge in [0.05, 0.1) is 10.7 Å². The molecule has 144 valence electrons. The number of carbonyl (C=O) groups excluding carboxylic acids is 1. The maximum atomic E-state index is 12.3. The molecule has 0 bridgehead atoms. The number of hydrogen-bond acceptors (Lipinski definition) is 6. The zero-order valence-electron chi connectivity index (χ0n) is 14.6. The molecule has 0 aromatic heterocycles. The molecule has 0 atom stereocenters. The van der Waals surface area contributed by atoms with E-state index in [1.807, 2.05) is 28.7 Å². The third-order valence-corrected chi connectivity index (χ3v) is 4.19. The van der Waals surface area contributed by atoms with Crippen molar-refractivity contribution >= 4 is 46.2 Å². The van der Waals surface area contributed by atoms with Gasteiger partial charge in [-0.05, 0) is 70.6 Å². The summed E-state index contributed by atoms with van der Waals surface area (Å²) in [6.45, 7) is -0.528. The molecule has 1 amide bonds. The predicted octanol–water partition coefficient (Wildman–Crippen LogP) is 3.01. The molecule has 0 saturated heterocycles. The van der Waals surface area contributed by atoms with Crippen LogP contribution in [0, 0.1) is 14.9 Å². The molecule has 0 aliphatic carbocycles. The van der Waals surface area contributed by atoms with Crippen LogP contribution >= 0.6 is 22.6 Å². The van der Waals surface area contributed by atoms with E-state index in [1.165, 1.54) is 43.5 Å². The number of amides is 1. The number of carboxylic acid groups (broad SMARTS) is 1. The molecule has 2 aromatic carbocycles. The summed E-state index contributed by atoms with van der Waals surface area (Å²) in [5.41, 5.74) is 0.778. The molecule has 0 spiro atoms. The number of aliphatic carboxylic acids is 1. The van der Waals surface area contributed by atoms with Gasteiger partial charge in [0.25, 0.3) is 5.91 Å². The fourth-order valence-corrected chi connectivity index (χ4v) is 2.94. The van der Waals surface area contributed by atoms with E-state index in [4.69, 9.17) is 14.6 Å². The number of rotatable bonds is 7. The smallest absolute Gasteiger partial charge is 0.341 e. The van der Waals surface area contributed by atoms with Gasteiger partial charge in [0.1, 0.15) is 17.4 Å². The number of carboxylic acids is 1. The van der Waals surface area contributed by atoms with Crippen LogP contribution in [-0.2, 0) is 9.59 Å². The molecule has 0 radical (unpaired) electrons. The maximum Gasteiger partial charge on any atom is 0.341 e. The number of phenolic OH excluding ortho intramolecular Hbond substituents is 1. The molecule has 28 heavy (non-hydrogen) atoms. The Morgan fingerprint density at radius 3 is 2.54 bits per heavy atom. The summed E-state index contributed by atoms with van der Waals surface area (Å²) in [5, 5.41) is 29.9. The summed E-state index contributed by atoms with van der Waals surface area (Å²) < 4.78 is 11.0. The Morgan fingerprint density at radius 2 is 1.96 bits per heavy atom. The normalized spacial score (nSPS) is 10.7. The summed E-state index contributed by atoms with van der Waals surface area (Å²) in [4.78, 5) is 23.0. The molecule has 0 fully saturated rings. The van der Waals surface area contributed by atoms with Gasteiger partial charge in [0, 0.05) is 5.69 Å². The Labute approximate surface area is 174 Å². The molecular formula is C19H15IN2O6. The lowest BCUT2D eigenvalue weighted by Gasteiger charge is -2.12. The van der Waals surface area contributed by atoms with E-state index < -0.39 is 18.5 Å². The van der Waals surface area contributed by atoms with E-state index in [-0.39, 0.29) is 22.8 Å². The molecule has 2 aromatic rings. The fourth-order valence-electron chi connectivity index (χ4n) is 2.16. The molecule has 0 aliphatic rings. The molecule has 3 N–H and O–H groups in total. The number of nitrogens with zero attached hydrogens (tertiary/aromatic N) is 1. The minimum atomic E-state index is -1.13. The van der Waals surface area contributed by atoms with Crippen molar-refractivity contribution in [1.82, 2.24) is 0 Å². The summed E-state index contributed by atoms with van der Waals surface area (Å²) in [7, 11) is 1.40. The molecule has 0 saturated carbocycles. The number of methoxy groups -OCH3 is 1. The van der Waals surface area contributed by atoms with Gasteiger partial charge in [-0.1, -0.05) is 0 Å². The van der Waals surface area contributed by atoms with E-state index in [2.05, 4.69) is 5.32 Å². The first kappa shape index (κ1) is 21.0. The van der Waals surface area contributed by atoms with Crippen molar-refractivity contribution in [2.24, 2.45) is 0 Å². The lowest BCUT2D eigenvalue weighted by molar-refractivity contribution is -0.139. The van der Waals surface area contributed by atoms with Crippen molar-refractivity contribution < 1.29 is 29.3 Å². The highest BCUT2D eigenvalue weighted by atomic mass is 127. The molecule has 9 heteroatoms.